The number of allylic oxidation sites excluding steroid dienone is 1. The lowest BCUT2D eigenvalue weighted by atomic mass is 10.0. The average Bonchev–Trinajstić information content (AvgIpc) is 3.51. The number of phenolic OH excluding ortho intramolecular Hbond substituents is 1. The molecule has 0 unspecified atom stereocenters. The number of furan rings is 1. The van der Waals surface area contributed by atoms with Crippen molar-refractivity contribution in [1.29, 1.82) is 0 Å². The molecule has 0 fully saturated rings. The molecule has 0 bridgehead atoms. The molecule has 1 aliphatic carbocycles. The van der Waals surface area contributed by atoms with Gasteiger partial charge in [0.15, 0.2) is 6.61 Å². The van der Waals surface area contributed by atoms with Crippen LogP contribution in [0.1, 0.15) is 39.4 Å². The van der Waals surface area contributed by atoms with Crippen LogP contribution in [-0.4, -0.2) is 28.6 Å². The first kappa shape index (κ1) is 21.5. The Morgan fingerprint density at radius 2 is 1.88 bits per heavy atom. The third kappa shape index (κ3) is 4.41. The number of benzene rings is 2. The molecule has 1 amide bonds. The second-order valence-electron chi connectivity index (χ2n) is 8.02. The molecule has 0 radical (unpaired) electrons. The van der Waals surface area contributed by atoms with E-state index in [-0.39, 0.29) is 18.9 Å². The van der Waals surface area contributed by atoms with Crippen LogP contribution in [0.25, 0.3) is 22.6 Å². The Morgan fingerprint density at radius 3 is 2.68 bits per heavy atom. The SMILES string of the molecule is O=C(COC(=O)c1c2c(nc3ccccc13)/C(=C/c1ccc(O)cc1)CC2)NCc1ccco1. The summed E-state index contributed by atoms with van der Waals surface area (Å²) < 4.78 is 10.6. The molecule has 4 aromatic rings. The first-order chi connectivity index (χ1) is 16.6. The van der Waals surface area contributed by atoms with Gasteiger partial charge in [-0.1, -0.05) is 30.3 Å². The highest BCUT2D eigenvalue weighted by atomic mass is 16.5. The molecule has 7 heteroatoms. The molecule has 0 saturated heterocycles. The van der Waals surface area contributed by atoms with Crippen LogP contribution in [0.2, 0.25) is 0 Å². The first-order valence-corrected chi connectivity index (χ1v) is 11.0. The Labute approximate surface area is 195 Å². The smallest absolute Gasteiger partial charge is 0.339 e. The minimum absolute atomic E-state index is 0.205. The van der Waals surface area contributed by atoms with E-state index in [0.29, 0.717) is 28.6 Å². The normalized spacial score (nSPS) is 13.7. The van der Waals surface area contributed by atoms with E-state index in [1.165, 1.54) is 6.26 Å². The number of ether oxygens (including phenoxy) is 1. The summed E-state index contributed by atoms with van der Waals surface area (Å²) >= 11 is 0. The Morgan fingerprint density at radius 1 is 1.06 bits per heavy atom. The lowest BCUT2D eigenvalue weighted by Crippen LogP contribution is -2.28. The number of hydrogen-bond acceptors (Lipinski definition) is 6. The minimum atomic E-state index is -0.547. The summed E-state index contributed by atoms with van der Waals surface area (Å²) in [5, 5.41) is 12.9. The van der Waals surface area contributed by atoms with Gasteiger partial charge in [-0.05, 0) is 65.9 Å². The van der Waals surface area contributed by atoms with Gasteiger partial charge >= 0.3 is 5.97 Å². The van der Waals surface area contributed by atoms with Crippen molar-refractivity contribution in [3.63, 3.8) is 0 Å². The van der Waals surface area contributed by atoms with Crippen molar-refractivity contribution in [3.05, 3.63) is 95.1 Å². The number of aromatic nitrogens is 1. The van der Waals surface area contributed by atoms with Gasteiger partial charge in [0.1, 0.15) is 11.5 Å². The molecule has 2 heterocycles. The van der Waals surface area contributed by atoms with Crippen LogP contribution in [0.15, 0.2) is 71.3 Å². The van der Waals surface area contributed by atoms with Crippen molar-refractivity contribution >= 4 is 34.4 Å². The topological polar surface area (TPSA) is 102 Å². The van der Waals surface area contributed by atoms with Crippen molar-refractivity contribution in [3.8, 4) is 5.75 Å². The molecule has 0 saturated carbocycles. The maximum absolute atomic E-state index is 13.2. The van der Waals surface area contributed by atoms with Crippen LogP contribution in [0.5, 0.6) is 5.75 Å². The summed E-state index contributed by atoms with van der Waals surface area (Å²) in [6.45, 7) is -0.163. The molecule has 7 nitrogen and oxygen atoms in total. The number of rotatable bonds is 6. The molecule has 0 atom stereocenters. The number of carbonyl (C=O) groups is 2. The number of pyridine rings is 1. The van der Waals surface area contributed by atoms with Gasteiger partial charge in [0, 0.05) is 5.39 Å². The Balaban J connectivity index is 1.41. The third-order valence-electron chi connectivity index (χ3n) is 5.75. The summed E-state index contributed by atoms with van der Waals surface area (Å²) in [5.41, 5.74) is 4.68. The molecule has 34 heavy (non-hydrogen) atoms. The van der Waals surface area contributed by atoms with E-state index < -0.39 is 11.9 Å². The van der Waals surface area contributed by atoms with Crippen LogP contribution in [0.3, 0.4) is 0 Å². The maximum Gasteiger partial charge on any atom is 0.339 e. The van der Waals surface area contributed by atoms with Crippen molar-refractivity contribution in [2.24, 2.45) is 0 Å². The highest BCUT2D eigenvalue weighted by Gasteiger charge is 2.28. The van der Waals surface area contributed by atoms with E-state index in [4.69, 9.17) is 14.1 Å². The predicted molar refractivity (Wildman–Crippen MR) is 127 cm³/mol. The lowest BCUT2D eigenvalue weighted by molar-refractivity contribution is -0.124. The van der Waals surface area contributed by atoms with Gasteiger partial charge < -0.3 is 19.6 Å². The molecule has 2 N–H and O–H groups in total. The van der Waals surface area contributed by atoms with Gasteiger partial charge in [0.05, 0.1) is 29.6 Å². The molecule has 5 rings (SSSR count). The molecular weight excluding hydrogens is 432 g/mol. The fourth-order valence-electron chi connectivity index (χ4n) is 4.14. The zero-order chi connectivity index (χ0) is 23.5. The maximum atomic E-state index is 13.2. The Hall–Kier alpha value is -4.39. The van der Waals surface area contributed by atoms with E-state index in [9.17, 15) is 14.7 Å². The number of para-hydroxylation sites is 1. The molecule has 0 spiro atoms. The first-order valence-electron chi connectivity index (χ1n) is 11.0. The van der Waals surface area contributed by atoms with E-state index in [1.807, 2.05) is 42.5 Å². The number of nitrogens with one attached hydrogen (secondary N) is 1. The molecule has 1 aliphatic rings. The van der Waals surface area contributed by atoms with Gasteiger partial charge in [-0.2, -0.15) is 0 Å². The fraction of sp³-hybridized carbons (Fsp3) is 0.148. The number of amides is 1. The van der Waals surface area contributed by atoms with Gasteiger partial charge in [0.25, 0.3) is 5.91 Å². The Kier molecular flexibility index (Phi) is 5.82. The van der Waals surface area contributed by atoms with Crippen LogP contribution in [-0.2, 0) is 22.5 Å². The van der Waals surface area contributed by atoms with Crippen LogP contribution in [0.4, 0.5) is 0 Å². The second-order valence-corrected chi connectivity index (χ2v) is 8.02. The standard InChI is InChI=1S/C27H22N2O5/c30-19-10-7-17(8-11-19)14-18-9-12-22-25(21-5-1-2-6-23(21)29-26(18)22)27(32)34-16-24(31)28-15-20-4-3-13-33-20/h1-8,10-11,13-14,30H,9,12,15-16H2,(H,28,31)/b18-14+. The number of hydrogen-bond donors (Lipinski definition) is 2. The number of fused-ring (bicyclic) bond motifs is 2. The lowest BCUT2D eigenvalue weighted by Gasteiger charge is -2.12. The molecular formula is C27H22N2O5. The van der Waals surface area contributed by atoms with Crippen molar-refractivity contribution in [2.45, 2.75) is 19.4 Å². The number of phenols is 1. The van der Waals surface area contributed by atoms with Crippen LogP contribution in [0, 0.1) is 0 Å². The predicted octanol–water partition coefficient (Wildman–Crippen LogP) is 4.49. The van der Waals surface area contributed by atoms with Crippen molar-refractivity contribution in [1.82, 2.24) is 10.3 Å². The van der Waals surface area contributed by atoms with Gasteiger partial charge in [-0.25, -0.2) is 9.78 Å². The summed E-state index contributed by atoms with van der Waals surface area (Å²) in [6, 6.07) is 17.9. The fourth-order valence-corrected chi connectivity index (χ4v) is 4.14. The van der Waals surface area contributed by atoms with E-state index in [1.54, 1.807) is 24.3 Å². The zero-order valence-electron chi connectivity index (χ0n) is 18.3. The van der Waals surface area contributed by atoms with E-state index >= 15 is 0 Å². The van der Waals surface area contributed by atoms with Gasteiger partial charge in [-0.3, -0.25) is 4.79 Å². The molecule has 0 aliphatic heterocycles. The van der Waals surface area contributed by atoms with Gasteiger partial charge in [0.2, 0.25) is 0 Å². The average molecular weight is 454 g/mol. The minimum Gasteiger partial charge on any atom is -0.508 e. The molecule has 2 aromatic carbocycles. The van der Waals surface area contributed by atoms with Gasteiger partial charge in [-0.15, -0.1) is 0 Å². The van der Waals surface area contributed by atoms with E-state index in [0.717, 1.165) is 28.8 Å². The van der Waals surface area contributed by atoms with Crippen LogP contribution < -0.4 is 5.32 Å². The quantitative estimate of drug-likeness (QED) is 0.416. The monoisotopic (exact) mass is 454 g/mol. The molecule has 170 valence electrons. The number of esters is 1. The second kappa shape index (κ2) is 9.23. The summed E-state index contributed by atoms with van der Waals surface area (Å²) in [6.07, 6.45) is 4.92. The highest BCUT2D eigenvalue weighted by Crippen LogP contribution is 2.37. The summed E-state index contributed by atoms with van der Waals surface area (Å²) in [4.78, 5) is 30.2. The Bertz CT molecular complexity index is 1390. The number of carbonyl (C=O) groups excluding carboxylic acids is 2. The third-order valence-corrected chi connectivity index (χ3v) is 5.75. The van der Waals surface area contributed by atoms with Crippen molar-refractivity contribution < 1.29 is 23.8 Å². The van der Waals surface area contributed by atoms with Crippen LogP contribution >= 0.6 is 0 Å². The molecule has 2 aromatic heterocycles. The number of nitrogens with zero attached hydrogens (tertiary/aromatic N) is 1. The zero-order valence-corrected chi connectivity index (χ0v) is 18.3. The highest BCUT2D eigenvalue weighted by molar-refractivity contribution is 6.07. The summed E-state index contributed by atoms with van der Waals surface area (Å²) in [7, 11) is 0. The number of aromatic hydroxyl groups is 1. The largest absolute Gasteiger partial charge is 0.508 e. The summed E-state index contributed by atoms with van der Waals surface area (Å²) in [5.74, 6) is -0.136. The van der Waals surface area contributed by atoms with Crippen molar-refractivity contribution in [2.75, 3.05) is 6.61 Å². The van der Waals surface area contributed by atoms with E-state index in [2.05, 4.69) is 5.32 Å².